The van der Waals surface area contributed by atoms with Crippen molar-refractivity contribution < 1.29 is 4.79 Å². The molecule has 92 valence electrons. The predicted octanol–water partition coefficient (Wildman–Crippen LogP) is 3.13. The summed E-state index contributed by atoms with van der Waals surface area (Å²) in [6.45, 7) is 3.64. The van der Waals surface area contributed by atoms with Crippen LogP contribution >= 0.6 is 11.8 Å². The number of nitrogens with one attached hydrogen (secondary N) is 1. The van der Waals surface area contributed by atoms with Gasteiger partial charge in [-0.05, 0) is 12.8 Å². The van der Waals surface area contributed by atoms with Gasteiger partial charge in [0.2, 0.25) is 5.91 Å². The van der Waals surface area contributed by atoms with Gasteiger partial charge in [-0.25, -0.2) is 0 Å². The Kier molecular flexibility index (Phi) is 7.39. The van der Waals surface area contributed by atoms with Crippen molar-refractivity contribution in [1.29, 1.82) is 0 Å². The van der Waals surface area contributed by atoms with Crippen LogP contribution in [0.25, 0.3) is 0 Å². The van der Waals surface area contributed by atoms with Crippen LogP contribution in [0.5, 0.6) is 0 Å². The molecule has 0 aromatic rings. The van der Waals surface area contributed by atoms with Crippen molar-refractivity contribution in [3.8, 4) is 0 Å². The first-order valence-corrected chi connectivity index (χ1v) is 7.46. The molecule has 1 rings (SSSR count). The van der Waals surface area contributed by atoms with Gasteiger partial charge >= 0.3 is 0 Å². The van der Waals surface area contributed by atoms with E-state index in [-0.39, 0.29) is 5.91 Å². The second-order valence-electron chi connectivity index (χ2n) is 4.41. The summed E-state index contributed by atoms with van der Waals surface area (Å²) in [6.07, 6.45) is 10.7. The van der Waals surface area contributed by atoms with Crippen molar-refractivity contribution in [3.63, 3.8) is 0 Å². The zero-order valence-electron chi connectivity index (χ0n) is 10.0. The molecule has 0 aromatic carbocycles. The number of amides is 1. The van der Waals surface area contributed by atoms with E-state index in [1.165, 1.54) is 32.1 Å². The minimum atomic E-state index is 0.192. The van der Waals surface area contributed by atoms with Gasteiger partial charge in [0.15, 0.2) is 0 Å². The lowest BCUT2D eigenvalue weighted by Crippen LogP contribution is -2.36. The average molecular weight is 241 g/mol. The molecule has 0 aromatic heterocycles. The van der Waals surface area contributed by atoms with E-state index in [0.717, 1.165) is 18.6 Å². The van der Waals surface area contributed by atoms with Gasteiger partial charge in [0.1, 0.15) is 0 Å². The largest absolute Gasteiger partial charge is 0.353 e. The number of hydrogen-bond acceptors (Lipinski definition) is 2. The molecular formula is C13H23NOS. The standard InChI is InChI=1S/C13H23NOS/c1-2-10-16-11-13(15)14-12-8-6-4-3-5-7-9-12/h2,12H,1,3-11H2,(H,14,15). The Morgan fingerprint density at radius 3 is 2.50 bits per heavy atom. The van der Waals surface area contributed by atoms with Crippen molar-refractivity contribution >= 4 is 17.7 Å². The topological polar surface area (TPSA) is 29.1 Å². The molecule has 0 heterocycles. The molecule has 1 saturated carbocycles. The Labute approximate surface area is 103 Å². The van der Waals surface area contributed by atoms with E-state index in [1.54, 1.807) is 11.8 Å². The van der Waals surface area contributed by atoms with Crippen LogP contribution in [0.1, 0.15) is 44.9 Å². The number of rotatable bonds is 5. The summed E-state index contributed by atoms with van der Waals surface area (Å²) in [7, 11) is 0. The first-order chi connectivity index (χ1) is 7.83. The lowest BCUT2D eigenvalue weighted by atomic mass is 9.97. The summed E-state index contributed by atoms with van der Waals surface area (Å²) in [5.41, 5.74) is 0. The molecule has 0 bridgehead atoms. The fourth-order valence-corrected chi connectivity index (χ4v) is 2.66. The fraction of sp³-hybridized carbons (Fsp3) is 0.769. The molecule has 2 nitrogen and oxygen atoms in total. The van der Waals surface area contributed by atoms with Crippen molar-refractivity contribution in [3.05, 3.63) is 12.7 Å². The maximum Gasteiger partial charge on any atom is 0.230 e. The third-order valence-corrected chi connectivity index (χ3v) is 3.88. The van der Waals surface area contributed by atoms with Gasteiger partial charge in [0, 0.05) is 11.8 Å². The van der Waals surface area contributed by atoms with Crippen molar-refractivity contribution in [1.82, 2.24) is 5.32 Å². The molecule has 0 aliphatic heterocycles. The third kappa shape index (κ3) is 6.21. The van der Waals surface area contributed by atoms with Crippen LogP contribution in [0.15, 0.2) is 12.7 Å². The fourth-order valence-electron chi connectivity index (χ4n) is 2.10. The number of carbonyl (C=O) groups excluding carboxylic acids is 1. The molecule has 1 fully saturated rings. The van der Waals surface area contributed by atoms with Gasteiger partial charge in [-0.2, -0.15) is 0 Å². The molecule has 1 aliphatic rings. The first-order valence-electron chi connectivity index (χ1n) is 6.31. The molecule has 1 amide bonds. The molecule has 0 saturated heterocycles. The Hall–Kier alpha value is -0.440. The lowest BCUT2D eigenvalue weighted by molar-refractivity contribution is -0.119. The van der Waals surface area contributed by atoms with Gasteiger partial charge in [0.05, 0.1) is 5.75 Å². The van der Waals surface area contributed by atoms with Gasteiger partial charge in [-0.1, -0.05) is 38.2 Å². The smallest absolute Gasteiger partial charge is 0.230 e. The zero-order valence-corrected chi connectivity index (χ0v) is 10.9. The molecule has 3 heteroatoms. The van der Waals surface area contributed by atoms with Gasteiger partial charge in [-0.3, -0.25) is 4.79 Å². The van der Waals surface area contributed by atoms with E-state index in [1.807, 2.05) is 6.08 Å². The second kappa shape index (κ2) is 8.68. The average Bonchev–Trinajstić information content (AvgIpc) is 2.22. The summed E-state index contributed by atoms with van der Waals surface area (Å²) in [6, 6.07) is 0.428. The van der Waals surface area contributed by atoms with Crippen LogP contribution in [0, 0.1) is 0 Å². The Balaban J connectivity index is 2.17. The van der Waals surface area contributed by atoms with Crippen molar-refractivity contribution in [2.45, 2.75) is 51.0 Å². The molecule has 16 heavy (non-hydrogen) atoms. The normalized spacial score (nSPS) is 18.5. The maximum absolute atomic E-state index is 11.6. The molecule has 1 aliphatic carbocycles. The van der Waals surface area contributed by atoms with Crippen LogP contribution < -0.4 is 5.32 Å². The quantitative estimate of drug-likeness (QED) is 0.592. The summed E-state index contributed by atoms with van der Waals surface area (Å²) >= 11 is 1.63. The summed E-state index contributed by atoms with van der Waals surface area (Å²) in [4.78, 5) is 11.6. The monoisotopic (exact) mass is 241 g/mol. The minimum absolute atomic E-state index is 0.192. The third-order valence-electron chi connectivity index (χ3n) is 2.94. The second-order valence-corrected chi connectivity index (χ2v) is 5.44. The van der Waals surface area contributed by atoms with E-state index in [0.29, 0.717) is 11.8 Å². The first kappa shape index (κ1) is 13.6. The number of hydrogen-bond donors (Lipinski definition) is 1. The zero-order chi connectivity index (χ0) is 11.6. The van der Waals surface area contributed by atoms with E-state index < -0.39 is 0 Å². The van der Waals surface area contributed by atoms with Crippen molar-refractivity contribution in [2.24, 2.45) is 0 Å². The van der Waals surface area contributed by atoms with Gasteiger partial charge < -0.3 is 5.32 Å². The lowest BCUT2D eigenvalue weighted by Gasteiger charge is -2.20. The highest BCUT2D eigenvalue weighted by Gasteiger charge is 2.13. The van der Waals surface area contributed by atoms with Crippen LogP contribution in [-0.2, 0) is 4.79 Å². The van der Waals surface area contributed by atoms with Crippen LogP contribution in [-0.4, -0.2) is 23.5 Å². The predicted molar refractivity (Wildman–Crippen MR) is 71.8 cm³/mol. The molecule has 0 unspecified atom stereocenters. The van der Waals surface area contributed by atoms with Gasteiger partial charge in [-0.15, -0.1) is 18.3 Å². The minimum Gasteiger partial charge on any atom is -0.353 e. The Bertz CT molecular complexity index is 210. The highest BCUT2D eigenvalue weighted by Crippen LogP contribution is 2.17. The SMILES string of the molecule is C=CCSCC(=O)NC1CCCCCCC1. The van der Waals surface area contributed by atoms with E-state index >= 15 is 0 Å². The number of thioether (sulfide) groups is 1. The maximum atomic E-state index is 11.6. The van der Waals surface area contributed by atoms with E-state index in [9.17, 15) is 4.79 Å². The Morgan fingerprint density at radius 1 is 1.25 bits per heavy atom. The van der Waals surface area contributed by atoms with Crippen LogP contribution in [0.2, 0.25) is 0 Å². The molecule has 0 radical (unpaired) electrons. The summed E-state index contributed by atoms with van der Waals surface area (Å²) in [5, 5.41) is 3.15. The molecule has 0 atom stereocenters. The summed E-state index contributed by atoms with van der Waals surface area (Å²) in [5.74, 6) is 1.62. The van der Waals surface area contributed by atoms with Crippen LogP contribution in [0.4, 0.5) is 0 Å². The molecule has 1 N–H and O–H groups in total. The highest BCUT2D eigenvalue weighted by molar-refractivity contribution is 8.00. The number of carbonyl (C=O) groups is 1. The van der Waals surface area contributed by atoms with Gasteiger partial charge in [0.25, 0.3) is 0 Å². The molecule has 0 spiro atoms. The van der Waals surface area contributed by atoms with E-state index in [2.05, 4.69) is 11.9 Å². The molecular weight excluding hydrogens is 218 g/mol. The Morgan fingerprint density at radius 2 is 1.88 bits per heavy atom. The van der Waals surface area contributed by atoms with Crippen molar-refractivity contribution in [2.75, 3.05) is 11.5 Å². The highest BCUT2D eigenvalue weighted by atomic mass is 32.2. The van der Waals surface area contributed by atoms with Crippen LogP contribution in [0.3, 0.4) is 0 Å². The summed E-state index contributed by atoms with van der Waals surface area (Å²) < 4.78 is 0. The van der Waals surface area contributed by atoms with E-state index in [4.69, 9.17) is 0 Å².